The highest BCUT2D eigenvalue weighted by atomic mass is 16.5. The molecule has 0 aliphatic carbocycles. The van der Waals surface area contributed by atoms with Crippen LogP contribution in [-0.2, 0) is 6.54 Å². The molecule has 2 nitrogen and oxygen atoms in total. The maximum atomic E-state index is 5.23. The normalized spacial score (nSPS) is 10.8. The predicted octanol–water partition coefficient (Wildman–Crippen LogP) is 4.17. The lowest BCUT2D eigenvalue weighted by atomic mass is 9.97. The van der Waals surface area contributed by atoms with Gasteiger partial charge in [0.1, 0.15) is 5.75 Å². The van der Waals surface area contributed by atoms with E-state index in [1.54, 1.807) is 7.11 Å². The number of nitrogens with one attached hydrogen (secondary N) is 1. The van der Waals surface area contributed by atoms with Crippen LogP contribution < -0.4 is 10.1 Å². The molecule has 0 heterocycles. The van der Waals surface area contributed by atoms with Crippen molar-refractivity contribution in [3.05, 3.63) is 53.6 Å². The molecule has 0 bridgehead atoms. The van der Waals surface area contributed by atoms with Gasteiger partial charge in [-0.05, 0) is 35.7 Å². The number of aryl methyl sites for hydroxylation is 1. The van der Waals surface area contributed by atoms with Crippen molar-refractivity contribution in [2.45, 2.75) is 33.4 Å². The molecule has 0 unspecified atom stereocenters. The minimum absolute atomic E-state index is 0.486. The number of rotatable bonds is 5. The summed E-state index contributed by atoms with van der Waals surface area (Å²) in [4.78, 5) is 0. The smallest absolute Gasteiger partial charge is 0.118 e. The molecule has 2 heteroatoms. The van der Waals surface area contributed by atoms with Crippen molar-refractivity contribution in [1.82, 2.24) is 5.32 Å². The standard InChI is InChI=1S/C18H23NO/c1-13(2)19-12-16-6-5-14(3)11-18(16)15-7-9-17(20-4)10-8-15/h5-11,13,19H,12H2,1-4H3. The van der Waals surface area contributed by atoms with Crippen LogP contribution in [0.4, 0.5) is 0 Å². The fourth-order valence-electron chi connectivity index (χ4n) is 2.20. The zero-order valence-electron chi connectivity index (χ0n) is 12.7. The third-order valence-corrected chi connectivity index (χ3v) is 3.37. The Bertz CT molecular complexity index is 558. The molecule has 20 heavy (non-hydrogen) atoms. The number of methoxy groups -OCH3 is 1. The van der Waals surface area contributed by atoms with Gasteiger partial charge in [-0.15, -0.1) is 0 Å². The molecule has 0 aromatic heterocycles. The molecule has 106 valence electrons. The Balaban J connectivity index is 2.34. The van der Waals surface area contributed by atoms with Crippen LogP contribution in [-0.4, -0.2) is 13.2 Å². The molecule has 0 radical (unpaired) electrons. The lowest BCUT2D eigenvalue weighted by Gasteiger charge is -2.14. The maximum Gasteiger partial charge on any atom is 0.118 e. The average molecular weight is 269 g/mol. The lowest BCUT2D eigenvalue weighted by Crippen LogP contribution is -2.22. The van der Waals surface area contributed by atoms with E-state index in [1.165, 1.54) is 22.3 Å². The van der Waals surface area contributed by atoms with Crippen molar-refractivity contribution in [3.8, 4) is 16.9 Å². The van der Waals surface area contributed by atoms with Crippen molar-refractivity contribution in [1.29, 1.82) is 0 Å². The van der Waals surface area contributed by atoms with E-state index >= 15 is 0 Å². The molecule has 0 saturated carbocycles. The van der Waals surface area contributed by atoms with E-state index in [0.29, 0.717) is 6.04 Å². The quantitative estimate of drug-likeness (QED) is 0.879. The fourth-order valence-corrected chi connectivity index (χ4v) is 2.20. The summed E-state index contributed by atoms with van der Waals surface area (Å²) in [7, 11) is 1.69. The first-order valence-corrected chi connectivity index (χ1v) is 7.07. The van der Waals surface area contributed by atoms with Gasteiger partial charge in [-0.3, -0.25) is 0 Å². The Labute approximate surface area is 121 Å². The van der Waals surface area contributed by atoms with Crippen LogP contribution in [0.3, 0.4) is 0 Å². The summed E-state index contributed by atoms with van der Waals surface area (Å²) in [6.45, 7) is 7.36. The van der Waals surface area contributed by atoms with E-state index in [1.807, 2.05) is 12.1 Å². The van der Waals surface area contributed by atoms with Gasteiger partial charge in [0, 0.05) is 12.6 Å². The molecule has 1 N–H and O–H groups in total. The number of hydrogen-bond acceptors (Lipinski definition) is 2. The van der Waals surface area contributed by atoms with E-state index < -0.39 is 0 Å². The number of ether oxygens (including phenoxy) is 1. The van der Waals surface area contributed by atoms with E-state index in [2.05, 4.69) is 56.4 Å². The Morgan fingerprint density at radius 3 is 2.35 bits per heavy atom. The van der Waals surface area contributed by atoms with Gasteiger partial charge in [0.25, 0.3) is 0 Å². The molecule has 2 rings (SSSR count). The van der Waals surface area contributed by atoms with Gasteiger partial charge in [0.2, 0.25) is 0 Å². The Hall–Kier alpha value is -1.80. The Morgan fingerprint density at radius 2 is 1.75 bits per heavy atom. The van der Waals surface area contributed by atoms with Crippen molar-refractivity contribution < 1.29 is 4.74 Å². The minimum Gasteiger partial charge on any atom is -0.497 e. The molecule has 2 aromatic rings. The fraction of sp³-hybridized carbons (Fsp3) is 0.333. The molecule has 0 saturated heterocycles. The van der Waals surface area contributed by atoms with E-state index in [4.69, 9.17) is 4.74 Å². The van der Waals surface area contributed by atoms with Crippen LogP contribution in [0.5, 0.6) is 5.75 Å². The van der Waals surface area contributed by atoms with Gasteiger partial charge < -0.3 is 10.1 Å². The largest absolute Gasteiger partial charge is 0.497 e. The van der Waals surface area contributed by atoms with Gasteiger partial charge >= 0.3 is 0 Å². The molecule has 0 aliphatic heterocycles. The summed E-state index contributed by atoms with van der Waals surface area (Å²) in [5.74, 6) is 0.892. The van der Waals surface area contributed by atoms with Crippen LogP contribution in [0.15, 0.2) is 42.5 Å². The number of hydrogen-bond donors (Lipinski definition) is 1. The average Bonchev–Trinajstić information content (AvgIpc) is 2.46. The lowest BCUT2D eigenvalue weighted by molar-refractivity contribution is 0.415. The molecule has 0 aliphatic rings. The second kappa shape index (κ2) is 6.58. The van der Waals surface area contributed by atoms with Crippen LogP contribution in [0.2, 0.25) is 0 Å². The molecule has 0 amide bonds. The SMILES string of the molecule is COc1ccc(-c2cc(C)ccc2CNC(C)C)cc1. The molecule has 0 fully saturated rings. The highest BCUT2D eigenvalue weighted by Gasteiger charge is 2.06. The molecule has 0 spiro atoms. The zero-order valence-corrected chi connectivity index (χ0v) is 12.7. The molecular weight excluding hydrogens is 246 g/mol. The third kappa shape index (κ3) is 3.61. The molecular formula is C18H23NO. The van der Waals surface area contributed by atoms with E-state index in [0.717, 1.165) is 12.3 Å². The van der Waals surface area contributed by atoms with Crippen molar-refractivity contribution in [3.63, 3.8) is 0 Å². The summed E-state index contributed by atoms with van der Waals surface area (Å²) in [6, 6.07) is 15.4. The summed E-state index contributed by atoms with van der Waals surface area (Å²) < 4.78 is 5.23. The van der Waals surface area contributed by atoms with Gasteiger partial charge in [-0.2, -0.15) is 0 Å². The van der Waals surface area contributed by atoms with E-state index in [-0.39, 0.29) is 0 Å². The highest BCUT2D eigenvalue weighted by molar-refractivity contribution is 5.68. The first-order valence-electron chi connectivity index (χ1n) is 7.07. The van der Waals surface area contributed by atoms with E-state index in [9.17, 15) is 0 Å². The van der Waals surface area contributed by atoms with Crippen molar-refractivity contribution >= 4 is 0 Å². The van der Waals surface area contributed by atoms with Crippen LogP contribution in [0, 0.1) is 6.92 Å². The van der Waals surface area contributed by atoms with Crippen LogP contribution >= 0.6 is 0 Å². The third-order valence-electron chi connectivity index (χ3n) is 3.37. The summed E-state index contributed by atoms with van der Waals surface area (Å²) in [5.41, 5.74) is 5.13. The Morgan fingerprint density at radius 1 is 1.05 bits per heavy atom. The summed E-state index contributed by atoms with van der Waals surface area (Å²) in [5, 5.41) is 3.49. The zero-order chi connectivity index (χ0) is 14.5. The van der Waals surface area contributed by atoms with Crippen LogP contribution in [0.25, 0.3) is 11.1 Å². The number of benzene rings is 2. The summed E-state index contributed by atoms with van der Waals surface area (Å²) >= 11 is 0. The van der Waals surface area contributed by atoms with Crippen LogP contribution in [0.1, 0.15) is 25.0 Å². The monoisotopic (exact) mass is 269 g/mol. The predicted molar refractivity (Wildman–Crippen MR) is 85.1 cm³/mol. The van der Waals surface area contributed by atoms with Gasteiger partial charge in [0.15, 0.2) is 0 Å². The van der Waals surface area contributed by atoms with Gasteiger partial charge in [-0.25, -0.2) is 0 Å². The first-order chi connectivity index (χ1) is 9.60. The minimum atomic E-state index is 0.486. The highest BCUT2D eigenvalue weighted by Crippen LogP contribution is 2.27. The molecule has 0 atom stereocenters. The van der Waals surface area contributed by atoms with Crippen molar-refractivity contribution in [2.75, 3.05) is 7.11 Å². The Kier molecular flexibility index (Phi) is 4.80. The van der Waals surface area contributed by atoms with Crippen molar-refractivity contribution in [2.24, 2.45) is 0 Å². The topological polar surface area (TPSA) is 21.3 Å². The van der Waals surface area contributed by atoms with Gasteiger partial charge in [-0.1, -0.05) is 49.7 Å². The summed E-state index contributed by atoms with van der Waals surface area (Å²) in [6.07, 6.45) is 0. The second-order valence-corrected chi connectivity index (χ2v) is 5.42. The maximum absolute atomic E-state index is 5.23. The molecule has 2 aromatic carbocycles. The second-order valence-electron chi connectivity index (χ2n) is 5.42. The van der Waals surface area contributed by atoms with Gasteiger partial charge in [0.05, 0.1) is 7.11 Å². The first kappa shape index (κ1) is 14.6.